The van der Waals surface area contributed by atoms with Gasteiger partial charge in [0.2, 0.25) is 5.91 Å². The van der Waals surface area contributed by atoms with Gasteiger partial charge < -0.3 is 16.0 Å². The van der Waals surface area contributed by atoms with Crippen molar-refractivity contribution in [2.24, 2.45) is 0 Å². The fourth-order valence-corrected chi connectivity index (χ4v) is 3.28. The van der Waals surface area contributed by atoms with E-state index in [-0.39, 0.29) is 28.3 Å². The highest BCUT2D eigenvalue weighted by Crippen LogP contribution is 2.18. The molecule has 27 heavy (non-hydrogen) atoms. The summed E-state index contributed by atoms with van der Waals surface area (Å²) in [4.78, 5) is 44.8. The molecule has 0 bridgehead atoms. The SMILES string of the molecule is CCN(CC)C(=O)CSc1nc(N)c(NC(=O)c2ccc(Br)cc2)c(=O)[nH]1. The van der Waals surface area contributed by atoms with Crippen molar-refractivity contribution in [3.05, 3.63) is 44.7 Å². The molecule has 0 saturated heterocycles. The molecule has 8 nitrogen and oxygen atoms in total. The lowest BCUT2D eigenvalue weighted by atomic mass is 10.2. The van der Waals surface area contributed by atoms with Crippen LogP contribution in [0.5, 0.6) is 0 Å². The van der Waals surface area contributed by atoms with Gasteiger partial charge in [-0.25, -0.2) is 4.98 Å². The number of anilines is 2. The Morgan fingerprint density at radius 3 is 2.44 bits per heavy atom. The number of benzene rings is 1. The van der Waals surface area contributed by atoms with Crippen molar-refractivity contribution in [3.63, 3.8) is 0 Å². The second kappa shape index (κ2) is 9.56. The molecule has 10 heteroatoms. The van der Waals surface area contributed by atoms with Crippen LogP contribution in [0.2, 0.25) is 0 Å². The van der Waals surface area contributed by atoms with Crippen LogP contribution < -0.4 is 16.6 Å². The fourth-order valence-electron chi connectivity index (χ4n) is 2.24. The minimum absolute atomic E-state index is 0.0566. The fraction of sp³-hybridized carbons (Fsp3) is 0.294. The lowest BCUT2D eigenvalue weighted by Gasteiger charge is -2.18. The van der Waals surface area contributed by atoms with Crippen LogP contribution in [0.3, 0.4) is 0 Å². The molecule has 2 aromatic rings. The zero-order valence-corrected chi connectivity index (χ0v) is 17.3. The van der Waals surface area contributed by atoms with Crippen molar-refractivity contribution >= 4 is 51.0 Å². The van der Waals surface area contributed by atoms with Gasteiger partial charge in [-0.05, 0) is 38.1 Å². The maximum absolute atomic E-state index is 12.3. The molecule has 0 radical (unpaired) electrons. The lowest BCUT2D eigenvalue weighted by molar-refractivity contribution is -0.127. The zero-order chi connectivity index (χ0) is 20.0. The first-order chi connectivity index (χ1) is 12.8. The second-order valence-electron chi connectivity index (χ2n) is 5.45. The van der Waals surface area contributed by atoms with Crippen molar-refractivity contribution < 1.29 is 9.59 Å². The predicted molar refractivity (Wildman–Crippen MR) is 110 cm³/mol. The van der Waals surface area contributed by atoms with Gasteiger partial charge in [0.25, 0.3) is 11.5 Å². The smallest absolute Gasteiger partial charge is 0.277 e. The molecule has 1 aromatic heterocycles. The lowest BCUT2D eigenvalue weighted by Crippen LogP contribution is -2.32. The molecule has 0 unspecified atom stereocenters. The van der Waals surface area contributed by atoms with Crippen LogP contribution in [0.25, 0.3) is 0 Å². The molecule has 0 aliphatic heterocycles. The first kappa shape index (κ1) is 21.0. The van der Waals surface area contributed by atoms with E-state index in [1.54, 1.807) is 29.2 Å². The molecule has 0 atom stereocenters. The molecule has 2 rings (SSSR count). The van der Waals surface area contributed by atoms with Gasteiger partial charge in [-0.15, -0.1) is 0 Å². The molecule has 1 heterocycles. The van der Waals surface area contributed by atoms with Crippen molar-refractivity contribution in [2.45, 2.75) is 19.0 Å². The van der Waals surface area contributed by atoms with Crippen LogP contribution in [0.1, 0.15) is 24.2 Å². The van der Waals surface area contributed by atoms with Crippen LogP contribution in [-0.4, -0.2) is 45.5 Å². The molecule has 4 N–H and O–H groups in total. The van der Waals surface area contributed by atoms with Gasteiger partial charge in [0.05, 0.1) is 5.75 Å². The number of nitrogens with one attached hydrogen (secondary N) is 2. The number of hydrogen-bond acceptors (Lipinski definition) is 6. The molecule has 1 aromatic carbocycles. The summed E-state index contributed by atoms with van der Waals surface area (Å²) in [7, 11) is 0. The quantitative estimate of drug-likeness (QED) is 0.436. The minimum Gasteiger partial charge on any atom is -0.382 e. The maximum atomic E-state index is 12.3. The van der Waals surface area contributed by atoms with Crippen LogP contribution in [0, 0.1) is 0 Å². The summed E-state index contributed by atoms with van der Waals surface area (Å²) >= 11 is 4.38. The molecule has 0 aliphatic rings. The number of amides is 2. The largest absolute Gasteiger partial charge is 0.382 e. The van der Waals surface area contributed by atoms with Crippen molar-refractivity contribution in [1.82, 2.24) is 14.9 Å². The van der Waals surface area contributed by atoms with E-state index in [9.17, 15) is 14.4 Å². The Morgan fingerprint density at radius 1 is 1.26 bits per heavy atom. The van der Waals surface area contributed by atoms with Crippen molar-refractivity contribution in [2.75, 3.05) is 29.9 Å². The van der Waals surface area contributed by atoms with Crippen LogP contribution in [0.15, 0.2) is 38.7 Å². The highest BCUT2D eigenvalue weighted by Gasteiger charge is 2.16. The summed E-state index contributed by atoms with van der Waals surface area (Å²) < 4.78 is 0.832. The molecular formula is C17H20BrN5O3S. The first-order valence-corrected chi connectivity index (χ1v) is 10.0. The third-order valence-corrected chi connectivity index (χ3v) is 5.11. The number of nitrogen functional groups attached to an aromatic ring is 1. The maximum Gasteiger partial charge on any atom is 0.277 e. The second-order valence-corrected chi connectivity index (χ2v) is 7.33. The molecule has 0 aliphatic carbocycles. The Morgan fingerprint density at radius 2 is 1.89 bits per heavy atom. The van der Waals surface area contributed by atoms with E-state index in [1.807, 2.05) is 13.8 Å². The van der Waals surface area contributed by atoms with Gasteiger partial charge in [0.15, 0.2) is 11.0 Å². The average Bonchev–Trinajstić information content (AvgIpc) is 2.64. The third kappa shape index (κ3) is 5.57. The third-order valence-electron chi connectivity index (χ3n) is 3.72. The Kier molecular flexibility index (Phi) is 7.43. The predicted octanol–water partition coefficient (Wildman–Crippen LogP) is 2.33. The molecule has 0 spiro atoms. The number of H-pyrrole nitrogens is 1. The van der Waals surface area contributed by atoms with Gasteiger partial charge in [-0.2, -0.15) is 0 Å². The van der Waals surface area contributed by atoms with E-state index < -0.39 is 11.5 Å². The van der Waals surface area contributed by atoms with Gasteiger partial charge in [-0.3, -0.25) is 19.4 Å². The van der Waals surface area contributed by atoms with E-state index in [1.165, 1.54) is 0 Å². The standard InChI is InChI=1S/C17H20BrN5O3S/c1-3-23(4-2)12(24)9-27-17-21-14(19)13(16(26)22-17)20-15(25)10-5-7-11(18)8-6-10/h5-8H,3-4,9H2,1-2H3,(H,20,25)(H3,19,21,22,26). The first-order valence-electron chi connectivity index (χ1n) is 8.23. The number of aromatic nitrogens is 2. The Labute approximate surface area is 169 Å². The number of halogens is 1. The number of carbonyl (C=O) groups excluding carboxylic acids is 2. The number of hydrogen-bond donors (Lipinski definition) is 3. The van der Waals surface area contributed by atoms with Crippen molar-refractivity contribution in [1.29, 1.82) is 0 Å². The van der Waals surface area contributed by atoms with Gasteiger partial charge in [-0.1, -0.05) is 27.7 Å². The highest BCUT2D eigenvalue weighted by molar-refractivity contribution is 9.10. The number of rotatable bonds is 7. The van der Waals surface area contributed by atoms with Gasteiger partial charge >= 0.3 is 0 Å². The number of thioether (sulfide) groups is 1. The van der Waals surface area contributed by atoms with E-state index in [4.69, 9.17) is 5.73 Å². The Hall–Kier alpha value is -2.33. The van der Waals surface area contributed by atoms with E-state index in [0.717, 1.165) is 16.2 Å². The van der Waals surface area contributed by atoms with Crippen LogP contribution >= 0.6 is 27.7 Å². The summed E-state index contributed by atoms with van der Waals surface area (Å²) in [6, 6.07) is 6.65. The summed E-state index contributed by atoms with van der Waals surface area (Å²) in [6.45, 7) is 5.02. The molecule has 144 valence electrons. The number of nitrogens with zero attached hydrogens (tertiary/aromatic N) is 2. The molecular weight excluding hydrogens is 434 g/mol. The number of carbonyl (C=O) groups is 2. The van der Waals surface area contributed by atoms with E-state index in [2.05, 4.69) is 31.2 Å². The monoisotopic (exact) mass is 453 g/mol. The normalized spacial score (nSPS) is 10.5. The summed E-state index contributed by atoms with van der Waals surface area (Å²) in [5.74, 6) is -0.506. The molecule has 0 saturated carbocycles. The topological polar surface area (TPSA) is 121 Å². The molecule has 0 fully saturated rings. The summed E-state index contributed by atoms with van der Waals surface area (Å²) in [5.41, 5.74) is 5.50. The van der Waals surface area contributed by atoms with Crippen molar-refractivity contribution in [3.8, 4) is 0 Å². The molecule has 2 amide bonds. The van der Waals surface area contributed by atoms with E-state index >= 15 is 0 Å². The minimum atomic E-state index is -0.578. The number of nitrogens with two attached hydrogens (primary N) is 1. The summed E-state index contributed by atoms with van der Waals surface area (Å²) in [6.07, 6.45) is 0. The highest BCUT2D eigenvalue weighted by atomic mass is 79.9. The van der Waals surface area contributed by atoms with Crippen LogP contribution in [-0.2, 0) is 4.79 Å². The van der Waals surface area contributed by atoms with Gasteiger partial charge in [0.1, 0.15) is 5.69 Å². The number of aromatic amines is 1. The van der Waals surface area contributed by atoms with Gasteiger partial charge in [0, 0.05) is 23.1 Å². The average molecular weight is 454 g/mol. The van der Waals surface area contributed by atoms with E-state index in [0.29, 0.717) is 18.7 Å². The Balaban J connectivity index is 2.10. The Bertz CT molecular complexity index is 881. The zero-order valence-electron chi connectivity index (χ0n) is 14.9. The van der Waals surface area contributed by atoms with Crippen LogP contribution in [0.4, 0.5) is 11.5 Å². The summed E-state index contributed by atoms with van der Waals surface area (Å²) in [5, 5.41) is 2.69.